The van der Waals surface area contributed by atoms with Crippen LogP contribution in [0.5, 0.6) is 0 Å². The molecule has 194 valence electrons. The van der Waals surface area contributed by atoms with Gasteiger partial charge in [-0.1, -0.05) is 0 Å². The molecule has 0 saturated carbocycles. The molecule has 1 aliphatic rings. The Morgan fingerprint density at radius 2 is 1.87 bits per heavy atom. The third-order valence-electron chi connectivity index (χ3n) is 6.18. The summed E-state index contributed by atoms with van der Waals surface area (Å²) in [7, 11) is 0. The van der Waals surface area contributed by atoms with Crippen LogP contribution in [0.1, 0.15) is 34.5 Å². The highest BCUT2D eigenvalue weighted by molar-refractivity contribution is 5.94. The van der Waals surface area contributed by atoms with Crippen molar-refractivity contribution in [2.75, 3.05) is 18.8 Å². The summed E-state index contributed by atoms with van der Waals surface area (Å²) < 4.78 is 32.5. The highest BCUT2D eigenvalue weighted by Crippen LogP contribution is 2.29. The van der Waals surface area contributed by atoms with Gasteiger partial charge in [-0.15, -0.1) is 0 Å². The van der Waals surface area contributed by atoms with Gasteiger partial charge in [0.2, 0.25) is 11.6 Å². The van der Waals surface area contributed by atoms with Crippen LogP contribution in [0.15, 0.2) is 65.5 Å². The fourth-order valence-corrected chi connectivity index (χ4v) is 4.04. The minimum atomic E-state index is -2.71. The summed E-state index contributed by atoms with van der Waals surface area (Å²) >= 11 is 0. The summed E-state index contributed by atoms with van der Waals surface area (Å²) in [6.07, 6.45) is 6.99. The van der Waals surface area contributed by atoms with Crippen LogP contribution in [-0.4, -0.2) is 50.7 Å². The molecule has 1 fully saturated rings. The fraction of sp³-hybridized carbons (Fsp3) is 0.222. The SMILES string of the molecule is Nc1ccc(/C=C/C(=O)NCc2cc3cc(-c4ccc(C(=O)N5CCC(F)(F)CC5)cn4)cnc3o2)cn1. The predicted octanol–water partition coefficient (Wildman–Crippen LogP) is 4.07. The van der Waals surface area contributed by atoms with E-state index in [0.29, 0.717) is 34.1 Å². The van der Waals surface area contributed by atoms with Gasteiger partial charge in [-0.25, -0.2) is 18.7 Å². The van der Waals surface area contributed by atoms with E-state index < -0.39 is 5.92 Å². The van der Waals surface area contributed by atoms with E-state index in [4.69, 9.17) is 10.2 Å². The maximum Gasteiger partial charge on any atom is 0.255 e. The number of hydrogen-bond acceptors (Lipinski definition) is 7. The van der Waals surface area contributed by atoms with E-state index in [1.165, 1.54) is 17.2 Å². The molecular weight excluding hydrogens is 494 g/mol. The quantitative estimate of drug-likeness (QED) is 0.369. The van der Waals surface area contributed by atoms with Gasteiger partial charge in [0.1, 0.15) is 11.6 Å². The average molecular weight is 519 g/mol. The van der Waals surface area contributed by atoms with Crippen molar-refractivity contribution in [2.24, 2.45) is 0 Å². The molecule has 38 heavy (non-hydrogen) atoms. The molecular formula is C27H24F2N6O3. The topological polar surface area (TPSA) is 127 Å². The third kappa shape index (κ3) is 5.83. The Hall–Kier alpha value is -4.67. The van der Waals surface area contributed by atoms with Crippen LogP contribution in [0.25, 0.3) is 28.4 Å². The number of rotatable bonds is 6. The van der Waals surface area contributed by atoms with Crippen LogP contribution in [0.2, 0.25) is 0 Å². The number of furan rings is 1. The van der Waals surface area contributed by atoms with Crippen LogP contribution in [-0.2, 0) is 11.3 Å². The average Bonchev–Trinajstić information content (AvgIpc) is 3.33. The Morgan fingerprint density at radius 1 is 1.05 bits per heavy atom. The molecule has 1 aliphatic heterocycles. The van der Waals surface area contributed by atoms with Crippen molar-refractivity contribution in [3.63, 3.8) is 0 Å². The zero-order valence-electron chi connectivity index (χ0n) is 20.2. The van der Waals surface area contributed by atoms with Gasteiger partial charge < -0.3 is 20.4 Å². The number of likely N-dealkylation sites (tertiary alicyclic amines) is 1. The standard InChI is InChI=1S/C27H24F2N6O3/c28-27(29)7-9-35(10-8-27)26(37)18-3-4-22(31-14-18)20-11-19-12-21(38-25(19)34-15-20)16-33-24(36)6-2-17-1-5-23(30)32-13-17/h1-6,11-15H,7-10,16H2,(H2,30,32)(H,33,36)/b6-2+. The first-order valence-corrected chi connectivity index (χ1v) is 12.0. The van der Waals surface area contributed by atoms with Gasteiger partial charge in [0.05, 0.1) is 17.8 Å². The fourth-order valence-electron chi connectivity index (χ4n) is 4.04. The van der Waals surface area contributed by atoms with Crippen LogP contribution in [0.4, 0.5) is 14.6 Å². The number of aromatic nitrogens is 3. The lowest BCUT2D eigenvalue weighted by Crippen LogP contribution is -2.42. The number of carbonyl (C=O) groups excluding carboxylic acids is 2. The number of nitrogens with one attached hydrogen (secondary N) is 1. The number of alkyl halides is 2. The number of pyridine rings is 3. The second-order valence-electron chi connectivity index (χ2n) is 8.98. The van der Waals surface area contributed by atoms with Gasteiger partial charge in [-0.05, 0) is 48.0 Å². The second-order valence-corrected chi connectivity index (χ2v) is 8.98. The Morgan fingerprint density at radius 3 is 2.58 bits per heavy atom. The minimum absolute atomic E-state index is 0.0216. The molecule has 5 rings (SSSR count). The number of nitrogen functional groups attached to an aromatic ring is 1. The highest BCUT2D eigenvalue weighted by atomic mass is 19.3. The Balaban J connectivity index is 1.21. The van der Waals surface area contributed by atoms with E-state index in [1.54, 1.807) is 48.8 Å². The van der Waals surface area contributed by atoms with Crippen molar-refractivity contribution in [2.45, 2.75) is 25.3 Å². The smallest absolute Gasteiger partial charge is 0.255 e. The first-order valence-electron chi connectivity index (χ1n) is 12.0. The van der Waals surface area contributed by atoms with Crippen molar-refractivity contribution in [3.8, 4) is 11.3 Å². The molecule has 5 heterocycles. The summed E-state index contributed by atoms with van der Waals surface area (Å²) in [5.74, 6) is -2.39. The number of halogens is 2. The van der Waals surface area contributed by atoms with Crippen molar-refractivity contribution in [1.29, 1.82) is 0 Å². The molecule has 3 N–H and O–H groups in total. The number of nitrogens with zero attached hydrogens (tertiary/aromatic N) is 4. The predicted molar refractivity (Wildman–Crippen MR) is 137 cm³/mol. The Kier molecular flexibility index (Phi) is 6.82. The van der Waals surface area contributed by atoms with E-state index >= 15 is 0 Å². The lowest BCUT2D eigenvalue weighted by Gasteiger charge is -2.31. The summed E-state index contributed by atoms with van der Waals surface area (Å²) in [5, 5.41) is 3.48. The van der Waals surface area contributed by atoms with Gasteiger partial charge in [0.25, 0.3) is 11.8 Å². The maximum atomic E-state index is 13.4. The Bertz CT molecular complexity index is 1490. The number of amides is 2. The van der Waals surface area contributed by atoms with Crippen LogP contribution < -0.4 is 11.1 Å². The summed E-state index contributed by atoms with van der Waals surface area (Å²) in [6, 6.07) is 10.4. The summed E-state index contributed by atoms with van der Waals surface area (Å²) in [5.41, 5.74) is 8.36. The van der Waals surface area contributed by atoms with Crippen LogP contribution in [0.3, 0.4) is 0 Å². The molecule has 4 aromatic rings. The molecule has 9 nitrogen and oxygen atoms in total. The van der Waals surface area contributed by atoms with Crippen LogP contribution >= 0.6 is 0 Å². The van der Waals surface area contributed by atoms with Crippen molar-refractivity contribution >= 4 is 34.8 Å². The monoisotopic (exact) mass is 518 g/mol. The molecule has 0 unspecified atom stereocenters. The van der Waals surface area contributed by atoms with E-state index in [2.05, 4.69) is 20.3 Å². The largest absolute Gasteiger partial charge is 0.441 e. The molecule has 11 heteroatoms. The molecule has 0 radical (unpaired) electrons. The molecule has 0 bridgehead atoms. The van der Waals surface area contributed by atoms with E-state index in [0.717, 1.165) is 10.9 Å². The van der Waals surface area contributed by atoms with Gasteiger partial charge in [-0.3, -0.25) is 14.6 Å². The number of fused-ring (bicyclic) bond motifs is 1. The van der Waals surface area contributed by atoms with E-state index in [1.807, 2.05) is 6.07 Å². The van der Waals surface area contributed by atoms with Gasteiger partial charge in [-0.2, -0.15) is 0 Å². The number of piperidine rings is 1. The first kappa shape index (κ1) is 25.0. The zero-order valence-corrected chi connectivity index (χ0v) is 20.2. The van der Waals surface area contributed by atoms with Crippen molar-refractivity contribution in [1.82, 2.24) is 25.2 Å². The molecule has 0 aromatic carbocycles. The second kappa shape index (κ2) is 10.4. The van der Waals surface area contributed by atoms with Crippen molar-refractivity contribution in [3.05, 3.63) is 78.0 Å². The first-order chi connectivity index (χ1) is 18.3. The number of nitrogens with two attached hydrogens (primary N) is 1. The molecule has 2 amide bonds. The van der Waals surface area contributed by atoms with Crippen molar-refractivity contribution < 1.29 is 22.8 Å². The highest BCUT2D eigenvalue weighted by Gasteiger charge is 2.35. The normalized spacial score (nSPS) is 15.2. The molecule has 0 aliphatic carbocycles. The minimum Gasteiger partial charge on any atom is -0.441 e. The van der Waals surface area contributed by atoms with E-state index in [9.17, 15) is 18.4 Å². The van der Waals surface area contributed by atoms with E-state index in [-0.39, 0.29) is 44.3 Å². The molecule has 4 aromatic heterocycles. The maximum absolute atomic E-state index is 13.4. The summed E-state index contributed by atoms with van der Waals surface area (Å²) in [6.45, 7) is 0.216. The van der Waals surface area contributed by atoms with Gasteiger partial charge >= 0.3 is 0 Å². The Labute approximate surface area is 216 Å². The van der Waals surface area contributed by atoms with Crippen LogP contribution in [0, 0.1) is 0 Å². The summed E-state index contributed by atoms with van der Waals surface area (Å²) in [4.78, 5) is 38.9. The lowest BCUT2D eigenvalue weighted by atomic mass is 10.1. The lowest BCUT2D eigenvalue weighted by molar-refractivity contribution is -0.116. The van der Waals surface area contributed by atoms with Gasteiger partial charge in [0.15, 0.2) is 0 Å². The third-order valence-corrected chi connectivity index (χ3v) is 6.18. The molecule has 0 spiro atoms. The number of hydrogen-bond donors (Lipinski definition) is 2. The van der Waals surface area contributed by atoms with Gasteiger partial charge in [0, 0.05) is 61.5 Å². The molecule has 0 atom stereocenters. The zero-order chi connectivity index (χ0) is 26.7. The number of anilines is 1. The molecule has 1 saturated heterocycles. The number of carbonyl (C=O) groups is 2.